The molecule has 1 saturated heterocycles. The maximum Gasteiger partial charge on any atom is 0.404 e. The third-order valence-electron chi connectivity index (χ3n) is 6.53. The van der Waals surface area contributed by atoms with Crippen molar-refractivity contribution >= 4 is 34.7 Å². The molecule has 1 aliphatic heterocycles. The summed E-state index contributed by atoms with van der Waals surface area (Å²) in [5.74, 6) is -0.525. The van der Waals surface area contributed by atoms with Crippen LogP contribution >= 0.6 is 0 Å². The van der Waals surface area contributed by atoms with Crippen LogP contribution in [0.4, 0.5) is 20.7 Å². The maximum atomic E-state index is 15.0. The van der Waals surface area contributed by atoms with Crippen LogP contribution in [0, 0.1) is 5.82 Å². The Balaban J connectivity index is 1.52. The molecule has 1 aliphatic carbocycles. The summed E-state index contributed by atoms with van der Waals surface area (Å²) in [4.78, 5) is 38.3. The van der Waals surface area contributed by atoms with Crippen LogP contribution in [0.3, 0.4) is 0 Å². The highest BCUT2D eigenvalue weighted by Gasteiger charge is 2.43. The molecule has 1 saturated carbocycles. The number of carboxylic acid groups (broad SMARTS) is 1. The molecule has 2 aliphatic rings. The molecule has 1 unspecified atom stereocenters. The summed E-state index contributed by atoms with van der Waals surface area (Å²) >= 11 is 0. The number of halogens is 1. The Morgan fingerprint density at radius 3 is 2.77 bits per heavy atom. The van der Waals surface area contributed by atoms with Crippen molar-refractivity contribution in [1.29, 1.82) is 0 Å². The third-order valence-corrected chi connectivity index (χ3v) is 6.53. The molecule has 3 heterocycles. The summed E-state index contributed by atoms with van der Waals surface area (Å²) < 4.78 is 16.7. The van der Waals surface area contributed by atoms with Gasteiger partial charge in [0.2, 0.25) is 5.91 Å². The Hall–Kier alpha value is -4.00. The molecule has 12 nitrogen and oxygen atoms in total. The lowest BCUT2D eigenvalue weighted by molar-refractivity contribution is -0.125. The van der Waals surface area contributed by atoms with E-state index in [0.717, 1.165) is 12.8 Å². The van der Waals surface area contributed by atoms with E-state index in [2.05, 4.69) is 25.6 Å². The van der Waals surface area contributed by atoms with E-state index in [-0.39, 0.29) is 43.0 Å². The molecule has 35 heavy (non-hydrogen) atoms. The second kappa shape index (κ2) is 8.65. The van der Waals surface area contributed by atoms with Gasteiger partial charge in [-0.2, -0.15) is 0 Å². The van der Waals surface area contributed by atoms with E-state index in [0.29, 0.717) is 35.4 Å². The van der Waals surface area contributed by atoms with Gasteiger partial charge in [0.25, 0.3) is 0 Å². The summed E-state index contributed by atoms with van der Waals surface area (Å²) in [7, 11) is 0. The van der Waals surface area contributed by atoms with Crippen LogP contribution in [0.15, 0.2) is 24.8 Å². The first-order chi connectivity index (χ1) is 16.7. The van der Waals surface area contributed by atoms with E-state index >= 15 is 0 Å². The van der Waals surface area contributed by atoms with Gasteiger partial charge in [-0.25, -0.2) is 24.1 Å². The fourth-order valence-corrected chi connectivity index (χ4v) is 4.45. The van der Waals surface area contributed by atoms with Crippen LogP contribution in [0.5, 0.6) is 0 Å². The van der Waals surface area contributed by atoms with Crippen molar-refractivity contribution in [1.82, 2.24) is 30.2 Å². The quantitative estimate of drug-likeness (QED) is 0.321. The number of nitrogens with one attached hydrogen (secondary N) is 2. The van der Waals surface area contributed by atoms with Gasteiger partial charge in [0, 0.05) is 42.5 Å². The first kappa shape index (κ1) is 22.8. The summed E-state index contributed by atoms with van der Waals surface area (Å²) in [5.41, 5.74) is 13.6. The average Bonchev–Trinajstić information content (AvgIpc) is 3.39. The number of fused-ring (bicyclic) bond motifs is 1. The molecule has 3 aromatic rings. The number of rotatable bonds is 7. The number of aromatic nitrogens is 4. The minimum Gasteiger partial charge on any atom is -0.465 e. The molecule has 0 spiro atoms. The van der Waals surface area contributed by atoms with E-state index in [1.807, 2.05) is 4.90 Å². The number of benzene rings is 1. The highest BCUT2D eigenvalue weighted by atomic mass is 19.1. The van der Waals surface area contributed by atoms with Crippen molar-refractivity contribution in [3.8, 4) is 0 Å². The van der Waals surface area contributed by atoms with Gasteiger partial charge in [-0.05, 0) is 31.4 Å². The molecule has 2 amide bonds. The van der Waals surface area contributed by atoms with Crippen molar-refractivity contribution in [3.63, 3.8) is 0 Å². The lowest BCUT2D eigenvalue weighted by Crippen LogP contribution is -2.56. The van der Waals surface area contributed by atoms with Crippen LogP contribution in [-0.4, -0.2) is 61.3 Å². The van der Waals surface area contributed by atoms with Crippen LogP contribution in [0.1, 0.15) is 30.4 Å². The van der Waals surface area contributed by atoms with Gasteiger partial charge in [-0.1, -0.05) is 0 Å². The van der Waals surface area contributed by atoms with E-state index in [1.165, 1.54) is 18.7 Å². The van der Waals surface area contributed by atoms with Crippen molar-refractivity contribution in [2.24, 2.45) is 5.73 Å². The Labute approximate surface area is 199 Å². The molecule has 0 radical (unpaired) electrons. The number of nitrogen functional groups attached to an aromatic ring is 1. The topological polar surface area (TPSA) is 177 Å². The van der Waals surface area contributed by atoms with Crippen LogP contribution in [-0.2, 0) is 17.9 Å². The predicted octanol–water partition coefficient (Wildman–Crippen LogP) is 0.550. The number of hydrogen-bond donors (Lipinski definition) is 5. The lowest BCUT2D eigenvalue weighted by Gasteiger charge is -2.27. The Morgan fingerprint density at radius 1 is 1.23 bits per heavy atom. The Bertz CT molecular complexity index is 1310. The molecule has 2 fully saturated rings. The maximum absolute atomic E-state index is 15.0. The van der Waals surface area contributed by atoms with Gasteiger partial charge in [0.15, 0.2) is 11.5 Å². The molecular weight excluding hydrogens is 457 g/mol. The van der Waals surface area contributed by atoms with Crippen molar-refractivity contribution in [3.05, 3.63) is 41.7 Å². The Kier molecular flexibility index (Phi) is 5.63. The van der Waals surface area contributed by atoms with Gasteiger partial charge in [-0.15, -0.1) is 0 Å². The van der Waals surface area contributed by atoms with E-state index in [9.17, 15) is 14.0 Å². The van der Waals surface area contributed by atoms with Gasteiger partial charge >= 0.3 is 6.09 Å². The van der Waals surface area contributed by atoms with E-state index < -0.39 is 17.4 Å². The standard InChI is InChI=1S/C22H26FN9O3/c23-15-3-4-16(31-6-5-22(25,9-31)20(33)30-12-1-2-12)14(13(15)7-26-21(34)35)8-32-11-29-17-18(24)27-10-28-19(17)32/h3-4,10-12,26H,1-2,5-9,25H2,(H,30,33)(H,34,35)(H2,24,27,28). The molecular formula is C22H26FN9O3. The van der Waals surface area contributed by atoms with Crippen LogP contribution in [0.2, 0.25) is 0 Å². The first-order valence-corrected chi connectivity index (χ1v) is 11.3. The second-order valence-electron chi connectivity index (χ2n) is 9.06. The highest BCUT2D eigenvalue weighted by Crippen LogP contribution is 2.33. The zero-order chi connectivity index (χ0) is 24.7. The van der Waals surface area contributed by atoms with Gasteiger partial charge in [-0.3, -0.25) is 4.79 Å². The number of anilines is 2. The number of amides is 2. The van der Waals surface area contributed by atoms with E-state index in [4.69, 9.17) is 16.6 Å². The average molecular weight is 484 g/mol. The Morgan fingerprint density at radius 2 is 2.03 bits per heavy atom. The molecule has 13 heteroatoms. The van der Waals surface area contributed by atoms with Gasteiger partial charge in [0.1, 0.15) is 23.2 Å². The van der Waals surface area contributed by atoms with Gasteiger partial charge in [0.05, 0.1) is 12.9 Å². The molecule has 5 rings (SSSR count). The van der Waals surface area contributed by atoms with Crippen molar-refractivity contribution in [2.45, 2.75) is 43.9 Å². The predicted molar refractivity (Wildman–Crippen MR) is 125 cm³/mol. The monoisotopic (exact) mass is 483 g/mol. The number of nitrogens with zero attached hydrogens (tertiary/aromatic N) is 5. The zero-order valence-electron chi connectivity index (χ0n) is 18.9. The van der Waals surface area contributed by atoms with Crippen molar-refractivity contribution in [2.75, 3.05) is 23.7 Å². The molecule has 0 bridgehead atoms. The largest absolute Gasteiger partial charge is 0.465 e. The third kappa shape index (κ3) is 4.41. The minimum absolute atomic E-state index is 0.138. The second-order valence-corrected chi connectivity index (χ2v) is 9.06. The smallest absolute Gasteiger partial charge is 0.404 e. The summed E-state index contributed by atoms with van der Waals surface area (Å²) in [6, 6.07) is 3.11. The highest BCUT2D eigenvalue weighted by molar-refractivity contribution is 5.88. The fraction of sp³-hybridized carbons (Fsp3) is 0.409. The minimum atomic E-state index is -1.27. The number of hydrogen-bond acceptors (Lipinski definition) is 8. The zero-order valence-corrected chi connectivity index (χ0v) is 18.9. The first-order valence-electron chi connectivity index (χ1n) is 11.3. The van der Waals surface area contributed by atoms with Crippen LogP contribution < -0.4 is 27.0 Å². The fourth-order valence-electron chi connectivity index (χ4n) is 4.45. The van der Waals surface area contributed by atoms with Crippen LogP contribution in [0.25, 0.3) is 11.2 Å². The molecule has 1 atom stereocenters. The number of imidazole rings is 1. The number of nitrogens with two attached hydrogens (primary N) is 2. The SMILES string of the molecule is Nc1ncnc2c1ncn2Cc1c(N2CCC(N)(C(=O)NC3CC3)C2)ccc(F)c1CNC(=O)O. The van der Waals surface area contributed by atoms with E-state index in [1.54, 1.807) is 10.6 Å². The molecule has 7 N–H and O–H groups in total. The number of carbonyl (C=O) groups excluding carboxylic acids is 1. The molecule has 2 aromatic heterocycles. The lowest BCUT2D eigenvalue weighted by atomic mass is 9.99. The van der Waals surface area contributed by atoms with Crippen molar-refractivity contribution < 1.29 is 19.1 Å². The summed E-state index contributed by atoms with van der Waals surface area (Å²) in [6.07, 6.45) is 3.92. The van der Waals surface area contributed by atoms with Gasteiger partial charge < -0.3 is 36.7 Å². The molecule has 1 aromatic carbocycles. The number of carbonyl (C=O) groups is 2. The molecule has 184 valence electrons. The summed E-state index contributed by atoms with van der Waals surface area (Å²) in [5, 5.41) is 14.3. The summed E-state index contributed by atoms with van der Waals surface area (Å²) in [6.45, 7) is 0.630. The normalized spacial score (nSPS) is 19.8.